The molecule has 0 saturated carbocycles. The van der Waals surface area contributed by atoms with E-state index in [0.717, 1.165) is 44.1 Å². The minimum Gasteiger partial charge on any atom is -0.458 e. The Morgan fingerprint density at radius 3 is 2.58 bits per heavy atom. The monoisotopic (exact) mass is 606 g/mol. The Kier molecular flexibility index (Phi) is 13.4. The molecule has 43 heavy (non-hydrogen) atoms. The van der Waals surface area contributed by atoms with Crippen molar-refractivity contribution in [3.8, 4) is 0 Å². The molecule has 0 unspecified atom stereocenters. The lowest BCUT2D eigenvalue weighted by atomic mass is 9.87. The third kappa shape index (κ3) is 10.8. The first-order valence-corrected chi connectivity index (χ1v) is 15.8. The molecule has 3 aliphatic heterocycles. The van der Waals surface area contributed by atoms with Crippen LogP contribution in [0, 0.1) is 5.92 Å². The summed E-state index contributed by atoms with van der Waals surface area (Å²) >= 11 is 0. The fraction of sp³-hybridized carbons (Fsp3) is 0.758. The highest BCUT2D eigenvalue weighted by Gasteiger charge is 2.61. The van der Waals surface area contributed by atoms with Crippen molar-refractivity contribution in [3.63, 3.8) is 0 Å². The fourth-order valence-corrected chi connectivity index (χ4v) is 5.83. The molecule has 3 saturated heterocycles. The molecule has 3 heterocycles. The number of carbonyl (C=O) groups is 2. The molecule has 0 aromatic heterocycles. The molecular formula is C33H54N2O8. The highest BCUT2D eigenvalue weighted by Crippen LogP contribution is 2.46. The first-order valence-electron chi connectivity index (χ1n) is 15.8. The first kappa shape index (κ1) is 35.4. The average molecular weight is 607 g/mol. The molecule has 10 nitrogen and oxygen atoms in total. The summed E-state index contributed by atoms with van der Waals surface area (Å²) < 4.78 is 28.9. The number of methoxy groups -OCH3 is 1. The van der Waals surface area contributed by atoms with Crippen molar-refractivity contribution in [3.05, 3.63) is 36.0 Å². The number of unbranched alkanes of at least 4 members (excludes halogenated alkanes) is 3. The van der Waals surface area contributed by atoms with Crippen molar-refractivity contribution in [2.75, 3.05) is 20.3 Å². The Morgan fingerprint density at radius 1 is 1.19 bits per heavy atom. The molecule has 4 N–H and O–H groups in total. The molecule has 0 radical (unpaired) electrons. The molecular weight excluding hydrogens is 552 g/mol. The van der Waals surface area contributed by atoms with E-state index in [1.165, 1.54) is 6.08 Å². The van der Waals surface area contributed by atoms with E-state index in [0.29, 0.717) is 26.0 Å². The van der Waals surface area contributed by atoms with Crippen LogP contribution in [0.2, 0.25) is 0 Å². The van der Waals surface area contributed by atoms with Gasteiger partial charge in [0.25, 0.3) is 0 Å². The van der Waals surface area contributed by atoms with Crippen molar-refractivity contribution in [1.82, 2.24) is 5.32 Å². The summed E-state index contributed by atoms with van der Waals surface area (Å²) in [6.45, 7) is 10.9. The SMILES string of the molecule is CO[C@]1(C)C[C@@]2(CO2)[C@H](O)[C@@H](/C=C/C(C)=C/C[C@@H]2O[C@H](C)[C@H](NC(=O)/C=C\[C@H](C)OC(=O)CCCCCCN)C[C@@H]2C)O1. The number of hydrogen-bond donors (Lipinski definition) is 3. The van der Waals surface area contributed by atoms with Gasteiger partial charge in [0.2, 0.25) is 5.91 Å². The van der Waals surface area contributed by atoms with Gasteiger partial charge in [-0.1, -0.05) is 43.6 Å². The van der Waals surface area contributed by atoms with Crippen LogP contribution < -0.4 is 11.1 Å². The van der Waals surface area contributed by atoms with Gasteiger partial charge in [-0.3, -0.25) is 9.59 Å². The Bertz CT molecular complexity index is 1010. The number of aliphatic hydroxyl groups is 1. The van der Waals surface area contributed by atoms with Crippen LogP contribution in [-0.4, -0.2) is 85.2 Å². The Hall–Kier alpha value is -2.08. The summed E-state index contributed by atoms with van der Waals surface area (Å²) in [7, 11) is 1.60. The molecule has 0 aliphatic carbocycles. The lowest BCUT2D eigenvalue weighted by Crippen LogP contribution is -2.55. The van der Waals surface area contributed by atoms with E-state index < -0.39 is 29.7 Å². The molecule has 3 fully saturated rings. The van der Waals surface area contributed by atoms with Crippen LogP contribution in [0.5, 0.6) is 0 Å². The Morgan fingerprint density at radius 2 is 1.91 bits per heavy atom. The lowest BCUT2D eigenvalue weighted by Gasteiger charge is -2.42. The van der Waals surface area contributed by atoms with Crippen molar-refractivity contribution in [2.24, 2.45) is 11.7 Å². The van der Waals surface area contributed by atoms with Crippen molar-refractivity contribution >= 4 is 11.9 Å². The van der Waals surface area contributed by atoms with Crippen molar-refractivity contribution in [1.29, 1.82) is 0 Å². The Balaban J connectivity index is 1.41. The number of epoxide rings is 1. The maximum atomic E-state index is 12.6. The maximum Gasteiger partial charge on any atom is 0.306 e. The van der Waals surface area contributed by atoms with E-state index in [4.69, 9.17) is 29.4 Å². The molecule has 0 bridgehead atoms. The van der Waals surface area contributed by atoms with Gasteiger partial charge in [0.1, 0.15) is 23.9 Å². The van der Waals surface area contributed by atoms with Crippen molar-refractivity contribution < 1.29 is 38.4 Å². The summed E-state index contributed by atoms with van der Waals surface area (Å²) in [4.78, 5) is 24.6. The van der Waals surface area contributed by atoms with Crippen LogP contribution in [0.3, 0.4) is 0 Å². The number of esters is 1. The summed E-state index contributed by atoms with van der Waals surface area (Å²) in [6.07, 6.45) is 13.2. The standard InChI is InChI=1S/C33H54N2O8/c1-22(13-16-28-31(38)33(21-40-33)20-32(5,39-6)43-28)12-15-27-23(2)19-26(25(4)42-27)35-29(36)17-14-24(3)41-30(37)11-9-7-8-10-18-34/h12-14,16-17,23-28,31,38H,7-11,15,18-21,34H2,1-6H3,(H,35,36)/b16-13+,17-14-,22-12+/t23-,24-,25+,26+,27-,28+,31+,32-,33+/m0/s1. The van der Waals surface area contributed by atoms with E-state index in [-0.39, 0.29) is 36.0 Å². The molecule has 10 heteroatoms. The van der Waals surface area contributed by atoms with Gasteiger partial charge in [-0.15, -0.1) is 0 Å². The fourth-order valence-electron chi connectivity index (χ4n) is 5.83. The van der Waals surface area contributed by atoms with Crippen LogP contribution in [0.1, 0.15) is 86.0 Å². The van der Waals surface area contributed by atoms with E-state index in [9.17, 15) is 14.7 Å². The van der Waals surface area contributed by atoms with E-state index in [1.54, 1.807) is 20.1 Å². The summed E-state index contributed by atoms with van der Waals surface area (Å²) in [6, 6.07) is -0.114. The molecule has 3 aliphatic rings. The van der Waals surface area contributed by atoms with Gasteiger partial charge in [0.15, 0.2) is 5.79 Å². The predicted octanol–water partition coefficient (Wildman–Crippen LogP) is 3.86. The van der Waals surface area contributed by atoms with Crippen LogP contribution in [0.4, 0.5) is 0 Å². The zero-order valence-corrected chi connectivity index (χ0v) is 26.9. The normalized spacial score (nSPS) is 35.4. The minimum atomic E-state index is -0.805. The second-order valence-electron chi connectivity index (χ2n) is 12.7. The minimum absolute atomic E-state index is 0.0215. The van der Waals surface area contributed by atoms with Crippen molar-refractivity contribution in [2.45, 2.75) is 134 Å². The Labute approximate surface area is 257 Å². The first-order chi connectivity index (χ1) is 20.4. The van der Waals surface area contributed by atoms with Gasteiger partial charge in [-0.2, -0.15) is 0 Å². The van der Waals surface area contributed by atoms with Gasteiger partial charge in [-0.25, -0.2) is 0 Å². The highest BCUT2D eigenvalue weighted by atomic mass is 16.7. The molecule has 1 spiro atoms. The molecule has 1 amide bonds. The van der Waals surface area contributed by atoms with Gasteiger partial charge in [0, 0.05) is 26.0 Å². The number of ether oxygens (including phenoxy) is 5. The molecule has 0 aromatic rings. The highest BCUT2D eigenvalue weighted by molar-refractivity contribution is 5.87. The number of allylic oxidation sites excluding steroid dienone is 2. The van der Waals surface area contributed by atoms with E-state index in [1.807, 2.05) is 32.9 Å². The molecule has 9 atom stereocenters. The van der Waals surface area contributed by atoms with E-state index in [2.05, 4.69) is 18.3 Å². The number of nitrogens with two attached hydrogens (primary N) is 1. The van der Waals surface area contributed by atoms with Gasteiger partial charge in [-0.05, 0) is 71.9 Å². The summed E-state index contributed by atoms with van der Waals surface area (Å²) in [5.41, 5.74) is 5.94. The third-order valence-corrected chi connectivity index (χ3v) is 8.74. The van der Waals surface area contributed by atoms with Gasteiger partial charge < -0.3 is 39.8 Å². The topological polar surface area (TPSA) is 142 Å². The van der Waals surface area contributed by atoms with Crippen LogP contribution >= 0.6 is 0 Å². The average Bonchev–Trinajstić information content (AvgIpc) is 3.73. The van der Waals surface area contributed by atoms with Crippen LogP contribution in [-0.2, 0) is 33.3 Å². The number of rotatable bonds is 15. The predicted molar refractivity (Wildman–Crippen MR) is 164 cm³/mol. The number of hydrogen-bond acceptors (Lipinski definition) is 9. The molecule has 244 valence electrons. The number of amides is 1. The third-order valence-electron chi connectivity index (χ3n) is 8.74. The van der Waals surface area contributed by atoms with Gasteiger partial charge >= 0.3 is 5.97 Å². The second kappa shape index (κ2) is 16.3. The maximum absolute atomic E-state index is 12.6. The van der Waals surface area contributed by atoms with Crippen LogP contribution in [0.15, 0.2) is 36.0 Å². The number of aliphatic hydroxyl groups excluding tert-OH is 1. The zero-order chi connectivity index (χ0) is 31.6. The smallest absolute Gasteiger partial charge is 0.306 e. The second-order valence-corrected chi connectivity index (χ2v) is 12.7. The molecule has 0 aromatic carbocycles. The van der Waals surface area contributed by atoms with Gasteiger partial charge in [0.05, 0.1) is 24.9 Å². The quantitative estimate of drug-likeness (QED) is 0.0833. The number of nitrogens with one attached hydrogen (secondary N) is 1. The summed E-state index contributed by atoms with van der Waals surface area (Å²) in [5.74, 6) is -1.05. The van der Waals surface area contributed by atoms with E-state index >= 15 is 0 Å². The molecule has 3 rings (SSSR count). The van der Waals surface area contributed by atoms with Crippen LogP contribution in [0.25, 0.3) is 0 Å². The lowest BCUT2D eigenvalue weighted by molar-refractivity contribution is -0.284. The number of carbonyl (C=O) groups excluding carboxylic acids is 2. The zero-order valence-electron chi connectivity index (χ0n) is 26.9. The summed E-state index contributed by atoms with van der Waals surface area (Å²) in [5, 5.41) is 13.8. The largest absolute Gasteiger partial charge is 0.458 e.